The third kappa shape index (κ3) is 4.53. The Morgan fingerprint density at radius 2 is 1.71 bits per heavy atom. The molecule has 0 atom stereocenters. The van der Waals surface area contributed by atoms with Gasteiger partial charge in [-0.2, -0.15) is 0 Å². The minimum Gasteiger partial charge on any atom is -0.332 e. The predicted octanol–water partition coefficient (Wildman–Crippen LogP) is 3.41. The van der Waals surface area contributed by atoms with Crippen LogP contribution >= 0.6 is 12.2 Å². The molecule has 0 aliphatic carbocycles. The third-order valence-electron chi connectivity index (χ3n) is 3.61. The van der Waals surface area contributed by atoms with E-state index in [4.69, 9.17) is 12.2 Å². The van der Waals surface area contributed by atoms with Crippen molar-refractivity contribution in [1.29, 1.82) is 0 Å². The second-order valence-electron chi connectivity index (χ2n) is 5.35. The van der Waals surface area contributed by atoms with Gasteiger partial charge in [0, 0.05) is 17.9 Å². The highest BCUT2D eigenvalue weighted by Crippen LogP contribution is 2.19. The molecule has 0 fully saturated rings. The Kier molecular flexibility index (Phi) is 5.93. The smallest absolute Gasteiger partial charge is 0.240 e. The van der Waals surface area contributed by atoms with Crippen LogP contribution in [0.15, 0.2) is 47.4 Å². The Morgan fingerprint density at radius 3 is 2.33 bits per heavy atom. The van der Waals surface area contributed by atoms with E-state index in [2.05, 4.69) is 15.4 Å². The minimum atomic E-state index is -3.44. The average Bonchev–Trinajstić information content (AvgIpc) is 2.52. The number of hydrogen-bond acceptors (Lipinski definition) is 3. The van der Waals surface area contributed by atoms with Crippen molar-refractivity contribution in [1.82, 2.24) is 4.72 Å². The number of sulfonamides is 1. The van der Waals surface area contributed by atoms with Crippen molar-refractivity contribution < 1.29 is 8.42 Å². The Bertz CT molecular complexity index is 831. The molecule has 0 saturated heterocycles. The normalized spacial score (nSPS) is 11.1. The van der Waals surface area contributed by atoms with E-state index in [0.29, 0.717) is 17.3 Å². The minimum absolute atomic E-state index is 0.225. The molecule has 2 aromatic rings. The van der Waals surface area contributed by atoms with Crippen molar-refractivity contribution in [2.75, 3.05) is 17.2 Å². The van der Waals surface area contributed by atoms with Crippen LogP contribution in [0.4, 0.5) is 11.4 Å². The maximum absolute atomic E-state index is 11.9. The Balaban J connectivity index is 2.06. The maximum atomic E-state index is 11.9. The van der Waals surface area contributed by atoms with E-state index in [1.165, 1.54) is 5.56 Å². The number of benzene rings is 2. The molecular weight excluding hydrogens is 342 g/mol. The zero-order chi connectivity index (χ0) is 17.7. The summed E-state index contributed by atoms with van der Waals surface area (Å²) >= 11 is 5.32. The van der Waals surface area contributed by atoms with Gasteiger partial charge in [-0.3, -0.25) is 0 Å². The average molecular weight is 364 g/mol. The highest BCUT2D eigenvalue weighted by Gasteiger charge is 2.12. The summed E-state index contributed by atoms with van der Waals surface area (Å²) in [6.07, 6.45) is 0. The van der Waals surface area contributed by atoms with Gasteiger partial charge in [0.15, 0.2) is 5.11 Å². The van der Waals surface area contributed by atoms with Crippen LogP contribution in [-0.4, -0.2) is 20.1 Å². The summed E-state index contributed by atoms with van der Waals surface area (Å²) in [4.78, 5) is 0.225. The van der Waals surface area contributed by atoms with E-state index in [1.807, 2.05) is 32.0 Å². The molecule has 0 bridgehead atoms. The lowest BCUT2D eigenvalue weighted by Crippen LogP contribution is -2.23. The predicted molar refractivity (Wildman–Crippen MR) is 103 cm³/mol. The summed E-state index contributed by atoms with van der Waals surface area (Å²) in [5.41, 5.74) is 3.97. The quantitative estimate of drug-likeness (QED) is 0.710. The highest BCUT2D eigenvalue weighted by molar-refractivity contribution is 7.89. The summed E-state index contributed by atoms with van der Waals surface area (Å²) in [5.74, 6) is 0. The molecular formula is C17H21N3O2S2. The first kappa shape index (κ1) is 18.4. The zero-order valence-corrected chi connectivity index (χ0v) is 15.5. The number of nitrogens with one attached hydrogen (secondary N) is 3. The first-order valence-corrected chi connectivity index (χ1v) is 9.46. The van der Waals surface area contributed by atoms with Crippen molar-refractivity contribution in [2.24, 2.45) is 0 Å². The van der Waals surface area contributed by atoms with Gasteiger partial charge in [0.25, 0.3) is 0 Å². The molecule has 0 aromatic heterocycles. The van der Waals surface area contributed by atoms with E-state index < -0.39 is 10.0 Å². The molecule has 0 aliphatic heterocycles. The molecule has 128 valence electrons. The van der Waals surface area contributed by atoms with Gasteiger partial charge in [0.05, 0.1) is 4.90 Å². The van der Waals surface area contributed by atoms with Crippen molar-refractivity contribution in [3.8, 4) is 0 Å². The molecule has 0 heterocycles. The summed E-state index contributed by atoms with van der Waals surface area (Å²) in [7, 11) is -3.44. The van der Waals surface area contributed by atoms with Crippen molar-refractivity contribution in [3.63, 3.8) is 0 Å². The van der Waals surface area contributed by atoms with Crippen LogP contribution < -0.4 is 15.4 Å². The molecule has 0 radical (unpaired) electrons. The fraction of sp³-hybridized carbons (Fsp3) is 0.235. The molecule has 0 spiro atoms. The number of hydrogen-bond donors (Lipinski definition) is 3. The van der Waals surface area contributed by atoms with Crippen LogP contribution in [0.5, 0.6) is 0 Å². The van der Waals surface area contributed by atoms with Gasteiger partial charge in [-0.25, -0.2) is 13.1 Å². The summed E-state index contributed by atoms with van der Waals surface area (Å²) in [6.45, 7) is 6.16. The zero-order valence-electron chi connectivity index (χ0n) is 13.9. The van der Waals surface area contributed by atoms with Gasteiger partial charge >= 0.3 is 0 Å². The monoisotopic (exact) mass is 363 g/mol. The molecule has 7 heteroatoms. The summed E-state index contributed by atoms with van der Waals surface area (Å²) < 4.78 is 26.3. The molecule has 2 aromatic carbocycles. The van der Waals surface area contributed by atoms with Gasteiger partial charge in [-0.15, -0.1) is 0 Å². The highest BCUT2D eigenvalue weighted by atomic mass is 32.2. The third-order valence-corrected chi connectivity index (χ3v) is 5.38. The lowest BCUT2D eigenvalue weighted by Gasteiger charge is -2.14. The van der Waals surface area contributed by atoms with Gasteiger partial charge in [-0.1, -0.05) is 19.1 Å². The largest absolute Gasteiger partial charge is 0.332 e. The Morgan fingerprint density at radius 1 is 1.04 bits per heavy atom. The van der Waals surface area contributed by atoms with Crippen LogP contribution in [0.3, 0.4) is 0 Å². The van der Waals surface area contributed by atoms with Crippen LogP contribution in [0.2, 0.25) is 0 Å². The standard InChI is InChI=1S/C17H21N3O2S2/c1-4-18-24(21,22)15-10-8-14(9-11-15)19-17(23)20-16-7-5-6-12(2)13(16)3/h5-11,18H,4H2,1-3H3,(H2,19,20,23). The SMILES string of the molecule is CCNS(=O)(=O)c1ccc(NC(=S)Nc2cccc(C)c2C)cc1. The summed E-state index contributed by atoms with van der Waals surface area (Å²) in [6, 6.07) is 12.4. The van der Waals surface area contributed by atoms with Gasteiger partial charge < -0.3 is 10.6 Å². The number of anilines is 2. The maximum Gasteiger partial charge on any atom is 0.240 e. The van der Waals surface area contributed by atoms with Crippen molar-refractivity contribution >= 4 is 38.7 Å². The first-order chi connectivity index (χ1) is 11.3. The van der Waals surface area contributed by atoms with Crippen LogP contribution in [0, 0.1) is 13.8 Å². The summed E-state index contributed by atoms with van der Waals surface area (Å²) in [5, 5.41) is 6.66. The van der Waals surface area contributed by atoms with Crippen LogP contribution in [-0.2, 0) is 10.0 Å². The fourth-order valence-electron chi connectivity index (χ4n) is 2.16. The molecule has 0 saturated carbocycles. The Labute approximate surface area is 148 Å². The molecule has 0 unspecified atom stereocenters. The molecule has 24 heavy (non-hydrogen) atoms. The van der Waals surface area contributed by atoms with E-state index in [1.54, 1.807) is 31.2 Å². The lowest BCUT2D eigenvalue weighted by atomic mass is 10.1. The van der Waals surface area contributed by atoms with E-state index >= 15 is 0 Å². The van der Waals surface area contributed by atoms with Crippen molar-refractivity contribution in [2.45, 2.75) is 25.7 Å². The van der Waals surface area contributed by atoms with Crippen LogP contribution in [0.25, 0.3) is 0 Å². The first-order valence-electron chi connectivity index (χ1n) is 7.57. The van der Waals surface area contributed by atoms with E-state index in [-0.39, 0.29) is 4.90 Å². The van der Waals surface area contributed by atoms with Crippen molar-refractivity contribution in [3.05, 3.63) is 53.6 Å². The molecule has 0 aliphatic rings. The number of aryl methyl sites for hydroxylation is 1. The fourth-order valence-corrected chi connectivity index (χ4v) is 3.43. The number of thiocarbonyl (C=S) groups is 1. The second kappa shape index (κ2) is 7.74. The lowest BCUT2D eigenvalue weighted by molar-refractivity contribution is 0.584. The van der Waals surface area contributed by atoms with Gasteiger partial charge in [-0.05, 0) is 67.5 Å². The van der Waals surface area contributed by atoms with Gasteiger partial charge in [0.1, 0.15) is 0 Å². The van der Waals surface area contributed by atoms with E-state index in [9.17, 15) is 8.42 Å². The molecule has 0 amide bonds. The Hall–Kier alpha value is -1.96. The van der Waals surface area contributed by atoms with Crippen LogP contribution in [0.1, 0.15) is 18.1 Å². The topological polar surface area (TPSA) is 70.2 Å². The molecule has 5 nitrogen and oxygen atoms in total. The van der Waals surface area contributed by atoms with E-state index in [0.717, 1.165) is 11.3 Å². The second-order valence-corrected chi connectivity index (χ2v) is 7.53. The van der Waals surface area contributed by atoms with Gasteiger partial charge in [0.2, 0.25) is 10.0 Å². The molecule has 2 rings (SSSR count). The molecule has 3 N–H and O–H groups in total. The number of rotatable bonds is 5.